The maximum Gasteiger partial charge on any atom is 0.131 e. The van der Waals surface area contributed by atoms with E-state index in [0.717, 1.165) is 17.1 Å². The second-order valence-electron chi connectivity index (χ2n) is 3.32. The lowest BCUT2D eigenvalue weighted by molar-refractivity contribution is 0.478. The summed E-state index contributed by atoms with van der Waals surface area (Å²) in [6, 6.07) is 15.1. The fraction of sp³-hybridized carbons (Fsp3) is 0.0769. The quantitative estimate of drug-likeness (QED) is 0.786. The summed E-state index contributed by atoms with van der Waals surface area (Å²) in [5.74, 6) is 2.27. The van der Waals surface area contributed by atoms with Gasteiger partial charge in [0.2, 0.25) is 0 Å². The average molecular weight is 251 g/mol. The molecule has 2 aromatic carbocycles. The van der Waals surface area contributed by atoms with Gasteiger partial charge in [-0.2, -0.15) is 12.6 Å². The molecule has 0 bridgehead atoms. The third kappa shape index (κ3) is 2.71. The summed E-state index contributed by atoms with van der Waals surface area (Å²) >= 11 is 10.1. The Bertz CT molecular complexity index is 468. The molecule has 0 saturated carbocycles. The summed E-state index contributed by atoms with van der Waals surface area (Å²) in [5.41, 5.74) is 1.07. The normalized spacial score (nSPS) is 10.1. The SMILES string of the molecule is SCc1ccccc1Oc1ccc(Cl)cc1. The van der Waals surface area contributed by atoms with Gasteiger partial charge in [-0.05, 0) is 30.3 Å². The number of rotatable bonds is 3. The third-order valence-corrected chi connectivity index (χ3v) is 2.78. The highest BCUT2D eigenvalue weighted by Crippen LogP contribution is 2.26. The molecule has 0 aliphatic carbocycles. The van der Waals surface area contributed by atoms with E-state index in [0.29, 0.717) is 10.8 Å². The highest BCUT2D eigenvalue weighted by Gasteiger charge is 2.02. The topological polar surface area (TPSA) is 9.23 Å². The number of hydrogen-bond acceptors (Lipinski definition) is 2. The van der Waals surface area contributed by atoms with E-state index >= 15 is 0 Å². The predicted molar refractivity (Wildman–Crippen MR) is 70.7 cm³/mol. The fourth-order valence-electron chi connectivity index (χ4n) is 1.36. The van der Waals surface area contributed by atoms with Crippen molar-refractivity contribution in [1.82, 2.24) is 0 Å². The van der Waals surface area contributed by atoms with Gasteiger partial charge >= 0.3 is 0 Å². The van der Waals surface area contributed by atoms with Crippen LogP contribution in [0, 0.1) is 0 Å². The van der Waals surface area contributed by atoms with Crippen LogP contribution < -0.4 is 4.74 Å². The number of benzene rings is 2. The molecule has 1 nitrogen and oxygen atoms in total. The monoisotopic (exact) mass is 250 g/mol. The number of thiol groups is 1. The molecule has 0 N–H and O–H groups in total. The molecule has 2 aromatic rings. The summed E-state index contributed by atoms with van der Waals surface area (Å²) < 4.78 is 5.75. The Kier molecular flexibility index (Phi) is 3.75. The van der Waals surface area contributed by atoms with Gasteiger partial charge in [-0.3, -0.25) is 0 Å². The molecule has 2 rings (SSSR count). The first-order valence-electron chi connectivity index (χ1n) is 4.92. The van der Waals surface area contributed by atoms with E-state index in [2.05, 4.69) is 12.6 Å². The van der Waals surface area contributed by atoms with Crippen molar-refractivity contribution < 1.29 is 4.74 Å². The Balaban J connectivity index is 2.23. The molecule has 82 valence electrons. The van der Waals surface area contributed by atoms with Crippen LogP contribution in [0.3, 0.4) is 0 Å². The van der Waals surface area contributed by atoms with E-state index in [4.69, 9.17) is 16.3 Å². The zero-order valence-electron chi connectivity index (χ0n) is 8.56. The van der Waals surface area contributed by atoms with Gasteiger partial charge < -0.3 is 4.74 Å². The standard InChI is InChI=1S/C13H11ClOS/c14-11-5-7-12(8-6-11)15-13-4-2-1-3-10(13)9-16/h1-8,16H,9H2. The van der Waals surface area contributed by atoms with Crippen molar-refractivity contribution in [1.29, 1.82) is 0 Å². The van der Waals surface area contributed by atoms with Crippen LogP contribution in [-0.4, -0.2) is 0 Å². The lowest BCUT2D eigenvalue weighted by atomic mass is 10.2. The lowest BCUT2D eigenvalue weighted by Gasteiger charge is -2.09. The summed E-state index contributed by atoms with van der Waals surface area (Å²) in [7, 11) is 0. The van der Waals surface area contributed by atoms with Crippen molar-refractivity contribution in [2.24, 2.45) is 0 Å². The molecule has 0 heterocycles. The van der Waals surface area contributed by atoms with Gasteiger partial charge in [0.1, 0.15) is 11.5 Å². The average Bonchev–Trinajstić information content (AvgIpc) is 2.33. The molecule has 0 aliphatic rings. The highest BCUT2D eigenvalue weighted by molar-refractivity contribution is 7.79. The largest absolute Gasteiger partial charge is 0.457 e. The molecule has 0 atom stereocenters. The van der Waals surface area contributed by atoms with E-state index in [1.807, 2.05) is 36.4 Å². The van der Waals surface area contributed by atoms with Crippen LogP contribution in [0.2, 0.25) is 5.02 Å². The van der Waals surface area contributed by atoms with Gasteiger partial charge in [0, 0.05) is 16.3 Å². The first-order chi connectivity index (χ1) is 7.79. The van der Waals surface area contributed by atoms with E-state index in [1.54, 1.807) is 12.1 Å². The summed E-state index contributed by atoms with van der Waals surface area (Å²) in [6.45, 7) is 0. The Morgan fingerprint density at radius 3 is 2.38 bits per heavy atom. The number of ether oxygens (including phenoxy) is 1. The van der Waals surface area contributed by atoms with Crippen LogP contribution in [0.25, 0.3) is 0 Å². The van der Waals surface area contributed by atoms with Crippen molar-refractivity contribution >= 4 is 24.2 Å². The molecule has 3 heteroatoms. The molecule has 0 saturated heterocycles. The summed E-state index contributed by atoms with van der Waals surface area (Å²) in [5, 5.41) is 0.704. The molecule has 0 radical (unpaired) electrons. The van der Waals surface area contributed by atoms with E-state index < -0.39 is 0 Å². The Hall–Kier alpha value is -1.12. The van der Waals surface area contributed by atoms with Gasteiger partial charge in [-0.1, -0.05) is 29.8 Å². The van der Waals surface area contributed by atoms with Gasteiger partial charge in [-0.15, -0.1) is 0 Å². The van der Waals surface area contributed by atoms with Crippen LogP contribution in [-0.2, 0) is 5.75 Å². The first-order valence-corrected chi connectivity index (χ1v) is 5.93. The molecule has 0 aliphatic heterocycles. The first kappa shape index (κ1) is 11.4. The molecule has 0 spiro atoms. The fourth-order valence-corrected chi connectivity index (χ4v) is 1.75. The minimum Gasteiger partial charge on any atom is -0.457 e. The van der Waals surface area contributed by atoms with Crippen molar-refractivity contribution in [3.63, 3.8) is 0 Å². The van der Waals surface area contributed by atoms with Gasteiger partial charge in [-0.25, -0.2) is 0 Å². The van der Waals surface area contributed by atoms with Crippen LogP contribution >= 0.6 is 24.2 Å². The Morgan fingerprint density at radius 1 is 1.00 bits per heavy atom. The summed E-state index contributed by atoms with van der Waals surface area (Å²) in [6.07, 6.45) is 0. The molecule has 0 unspecified atom stereocenters. The number of halogens is 1. The lowest BCUT2D eigenvalue weighted by Crippen LogP contribution is -1.88. The summed E-state index contributed by atoms with van der Waals surface area (Å²) in [4.78, 5) is 0. The van der Waals surface area contributed by atoms with Crippen LogP contribution in [0.4, 0.5) is 0 Å². The Morgan fingerprint density at radius 2 is 1.69 bits per heavy atom. The predicted octanol–water partition coefficient (Wildman–Crippen LogP) is 4.56. The van der Waals surface area contributed by atoms with Crippen molar-refractivity contribution in [3.8, 4) is 11.5 Å². The van der Waals surface area contributed by atoms with Gasteiger partial charge in [0.15, 0.2) is 0 Å². The minimum absolute atomic E-state index is 0.657. The van der Waals surface area contributed by atoms with Crippen LogP contribution in [0.15, 0.2) is 48.5 Å². The number of para-hydroxylation sites is 1. The molecular formula is C13H11ClOS. The second-order valence-corrected chi connectivity index (χ2v) is 4.07. The molecule has 0 amide bonds. The Labute approximate surface area is 105 Å². The zero-order valence-corrected chi connectivity index (χ0v) is 10.2. The van der Waals surface area contributed by atoms with Crippen molar-refractivity contribution in [2.75, 3.05) is 0 Å². The van der Waals surface area contributed by atoms with Crippen LogP contribution in [0.5, 0.6) is 11.5 Å². The maximum atomic E-state index is 5.81. The smallest absolute Gasteiger partial charge is 0.131 e. The van der Waals surface area contributed by atoms with E-state index in [9.17, 15) is 0 Å². The van der Waals surface area contributed by atoms with E-state index in [1.165, 1.54) is 0 Å². The highest BCUT2D eigenvalue weighted by atomic mass is 35.5. The second kappa shape index (κ2) is 5.28. The van der Waals surface area contributed by atoms with Gasteiger partial charge in [0.05, 0.1) is 0 Å². The third-order valence-electron chi connectivity index (χ3n) is 2.18. The maximum absolute atomic E-state index is 5.81. The van der Waals surface area contributed by atoms with E-state index in [-0.39, 0.29) is 0 Å². The molecule has 0 fully saturated rings. The van der Waals surface area contributed by atoms with Crippen molar-refractivity contribution in [3.05, 3.63) is 59.1 Å². The minimum atomic E-state index is 0.657. The number of hydrogen-bond donors (Lipinski definition) is 1. The van der Waals surface area contributed by atoms with Gasteiger partial charge in [0.25, 0.3) is 0 Å². The van der Waals surface area contributed by atoms with Crippen LogP contribution in [0.1, 0.15) is 5.56 Å². The van der Waals surface area contributed by atoms with Crippen molar-refractivity contribution in [2.45, 2.75) is 5.75 Å². The molecule has 0 aromatic heterocycles. The zero-order chi connectivity index (χ0) is 11.4. The molecule has 16 heavy (non-hydrogen) atoms. The molecular weight excluding hydrogens is 240 g/mol.